The van der Waals surface area contributed by atoms with Crippen LogP contribution in [0.15, 0.2) is 42.5 Å². The van der Waals surface area contributed by atoms with E-state index in [2.05, 4.69) is 0 Å². The van der Waals surface area contributed by atoms with Crippen molar-refractivity contribution in [2.24, 2.45) is 0 Å². The van der Waals surface area contributed by atoms with E-state index in [-0.39, 0.29) is 12.2 Å². The van der Waals surface area contributed by atoms with Crippen LogP contribution in [-0.2, 0) is 17.6 Å². The van der Waals surface area contributed by atoms with E-state index >= 15 is 0 Å². The smallest absolute Gasteiger partial charge is 0.141 e. The topological polar surface area (TPSA) is 17.1 Å². The third-order valence-electron chi connectivity index (χ3n) is 2.76. The number of hydrogen-bond donors (Lipinski definition) is 0. The summed E-state index contributed by atoms with van der Waals surface area (Å²) in [4.78, 5) is 12.0. The molecule has 1 nitrogen and oxygen atoms in total. The number of ketones is 1. The van der Waals surface area contributed by atoms with Gasteiger partial charge in [-0.3, -0.25) is 4.79 Å². The van der Waals surface area contributed by atoms with Crippen LogP contribution in [0.3, 0.4) is 0 Å². The lowest BCUT2D eigenvalue weighted by molar-refractivity contribution is -0.117. The molecule has 2 aromatic carbocycles. The minimum absolute atomic E-state index is 0.0530. The predicted molar refractivity (Wildman–Crippen MR) is 80.3 cm³/mol. The van der Waals surface area contributed by atoms with E-state index in [0.717, 1.165) is 11.1 Å². The zero-order valence-corrected chi connectivity index (χ0v) is 12.3. The molecule has 98 valence electrons. The Hall–Kier alpha value is -1.02. The summed E-state index contributed by atoms with van der Waals surface area (Å²) in [6, 6.07) is 12.6. The average Bonchev–Trinajstić information content (AvgIpc) is 2.38. The van der Waals surface area contributed by atoms with E-state index in [1.54, 1.807) is 24.3 Å². The molecule has 0 aromatic heterocycles. The first kappa shape index (κ1) is 14.4. The van der Waals surface area contributed by atoms with Gasteiger partial charge >= 0.3 is 0 Å². The molecule has 2 aromatic rings. The average molecular weight is 314 g/mol. The molecular weight excluding hydrogens is 303 g/mol. The fourth-order valence-corrected chi connectivity index (χ4v) is 2.40. The number of benzene rings is 2. The molecule has 0 N–H and O–H groups in total. The summed E-state index contributed by atoms with van der Waals surface area (Å²) in [5.74, 6) is 0.0530. The van der Waals surface area contributed by atoms with Crippen molar-refractivity contribution in [1.82, 2.24) is 0 Å². The second kappa shape index (κ2) is 6.42. The Morgan fingerprint density at radius 3 is 2.11 bits per heavy atom. The van der Waals surface area contributed by atoms with Crippen LogP contribution in [0.5, 0.6) is 0 Å². The molecule has 2 rings (SSSR count). The largest absolute Gasteiger partial charge is 0.299 e. The van der Waals surface area contributed by atoms with Crippen molar-refractivity contribution in [1.29, 1.82) is 0 Å². The zero-order chi connectivity index (χ0) is 13.8. The molecule has 19 heavy (non-hydrogen) atoms. The highest BCUT2D eigenvalue weighted by atomic mass is 35.5. The summed E-state index contributed by atoms with van der Waals surface area (Å²) in [5, 5.41) is 1.51. The van der Waals surface area contributed by atoms with Gasteiger partial charge in [-0.25, -0.2) is 0 Å². The van der Waals surface area contributed by atoms with Crippen LogP contribution in [0.4, 0.5) is 0 Å². The molecule has 0 saturated heterocycles. The molecule has 0 aliphatic rings. The van der Waals surface area contributed by atoms with Crippen molar-refractivity contribution in [3.05, 3.63) is 68.7 Å². The molecule has 0 saturated carbocycles. The number of rotatable bonds is 4. The van der Waals surface area contributed by atoms with Crippen molar-refractivity contribution in [3.63, 3.8) is 0 Å². The van der Waals surface area contributed by atoms with Crippen LogP contribution in [-0.4, -0.2) is 5.78 Å². The van der Waals surface area contributed by atoms with Crippen molar-refractivity contribution >= 4 is 40.6 Å². The Bertz CT molecular complexity index is 608. The highest BCUT2D eigenvalue weighted by Crippen LogP contribution is 2.26. The summed E-state index contributed by atoms with van der Waals surface area (Å²) in [6.07, 6.45) is 0.549. The molecule has 0 spiro atoms. The Morgan fingerprint density at radius 2 is 1.37 bits per heavy atom. The maximum atomic E-state index is 12.0. The van der Waals surface area contributed by atoms with Gasteiger partial charge in [0.25, 0.3) is 0 Å². The number of carbonyl (C=O) groups excluding carboxylic acids is 1. The summed E-state index contributed by atoms with van der Waals surface area (Å²) < 4.78 is 0. The number of halogens is 3. The van der Waals surface area contributed by atoms with Crippen molar-refractivity contribution < 1.29 is 4.79 Å². The third kappa shape index (κ3) is 3.73. The number of carbonyl (C=O) groups is 1. The highest BCUT2D eigenvalue weighted by molar-refractivity contribution is 6.42. The zero-order valence-electron chi connectivity index (χ0n) is 10.00. The maximum Gasteiger partial charge on any atom is 0.141 e. The Balaban J connectivity index is 2.10. The first-order valence-electron chi connectivity index (χ1n) is 5.76. The normalized spacial score (nSPS) is 10.5. The predicted octanol–water partition coefficient (Wildman–Crippen LogP) is 5.00. The van der Waals surface area contributed by atoms with Gasteiger partial charge in [-0.1, -0.05) is 65.1 Å². The third-order valence-corrected chi connectivity index (χ3v) is 3.99. The van der Waals surface area contributed by atoms with Gasteiger partial charge in [0, 0.05) is 17.9 Å². The van der Waals surface area contributed by atoms with Gasteiger partial charge in [0.1, 0.15) is 5.78 Å². The molecule has 4 heteroatoms. The molecule has 0 radical (unpaired) electrons. The van der Waals surface area contributed by atoms with Crippen LogP contribution in [0.25, 0.3) is 0 Å². The van der Waals surface area contributed by atoms with Crippen LogP contribution in [0, 0.1) is 0 Å². The number of Topliss-reactive ketones (excluding diaryl/α,β-unsaturated/α-hetero) is 1. The van der Waals surface area contributed by atoms with E-state index in [1.165, 1.54) is 0 Å². The van der Waals surface area contributed by atoms with E-state index < -0.39 is 0 Å². The minimum atomic E-state index is 0.0530. The molecule has 0 unspecified atom stereocenters. The summed E-state index contributed by atoms with van der Waals surface area (Å²) >= 11 is 18.0. The summed E-state index contributed by atoms with van der Waals surface area (Å²) in [5.41, 5.74) is 1.57. The summed E-state index contributed by atoms with van der Waals surface area (Å²) in [6.45, 7) is 0. The lowest BCUT2D eigenvalue weighted by Crippen LogP contribution is -2.07. The van der Waals surface area contributed by atoms with E-state index in [0.29, 0.717) is 21.5 Å². The Labute approximate surface area is 127 Å². The minimum Gasteiger partial charge on any atom is -0.299 e. The van der Waals surface area contributed by atoms with Gasteiger partial charge in [-0.15, -0.1) is 0 Å². The quantitative estimate of drug-likeness (QED) is 0.776. The van der Waals surface area contributed by atoms with Crippen LogP contribution in [0.2, 0.25) is 15.1 Å². The van der Waals surface area contributed by atoms with Crippen molar-refractivity contribution in [2.75, 3.05) is 0 Å². The fourth-order valence-electron chi connectivity index (χ4n) is 1.81. The molecule has 0 bridgehead atoms. The van der Waals surface area contributed by atoms with Gasteiger partial charge in [-0.05, 0) is 23.3 Å². The Kier molecular flexibility index (Phi) is 4.87. The van der Waals surface area contributed by atoms with Crippen molar-refractivity contribution in [2.45, 2.75) is 12.8 Å². The van der Waals surface area contributed by atoms with E-state index in [4.69, 9.17) is 34.8 Å². The van der Waals surface area contributed by atoms with Gasteiger partial charge in [0.2, 0.25) is 0 Å². The monoisotopic (exact) mass is 312 g/mol. The standard InChI is InChI=1S/C15H11Cl3O/c16-13-6-2-1-4-10(13)8-12(19)9-11-5-3-7-14(17)15(11)18/h1-7H,8-9H2. The molecule has 0 fully saturated rings. The lowest BCUT2D eigenvalue weighted by atomic mass is 10.0. The summed E-state index contributed by atoms with van der Waals surface area (Å²) in [7, 11) is 0. The van der Waals surface area contributed by atoms with Gasteiger partial charge in [0.05, 0.1) is 10.0 Å². The Morgan fingerprint density at radius 1 is 0.789 bits per heavy atom. The maximum absolute atomic E-state index is 12.0. The van der Waals surface area contributed by atoms with Crippen LogP contribution in [0.1, 0.15) is 11.1 Å². The first-order valence-corrected chi connectivity index (χ1v) is 6.89. The lowest BCUT2D eigenvalue weighted by Gasteiger charge is -2.06. The second-order valence-electron chi connectivity index (χ2n) is 4.20. The van der Waals surface area contributed by atoms with Gasteiger partial charge in [-0.2, -0.15) is 0 Å². The first-order chi connectivity index (χ1) is 9.08. The molecule has 0 aliphatic carbocycles. The highest BCUT2D eigenvalue weighted by Gasteiger charge is 2.11. The second-order valence-corrected chi connectivity index (χ2v) is 5.39. The van der Waals surface area contributed by atoms with Crippen molar-refractivity contribution in [3.8, 4) is 0 Å². The number of hydrogen-bond acceptors (Lipinski definition) is 1. The molecule has 0 amide bonds. The molecular formula is C15H11Cl3O. The van der Waals surface area contributed by atoms with E-state index in [9.17, 15) is 4.79 Å². The van der Waals surface area contributed by atoms with Crippen LogP contribution >= 0.6 is 34.8 Å². The molecule has 0 heterocycles. The van der Waals surface area contributed by atoms with Crippen LogP contribution < -0.4 is 0 Å². The SMILES string of the molecule is O=C(Cc1ccccc1Cl)Cc1cccc(Cl)c1Cl. The van der Waals surface area contributed by atoms with E-state index in [1.807, 2.05) is 18.2 Å². The van der Waals surface area contributed by atoms with Gasteiger partial charge in [0.15, 0.2) is 0 Å². The fraction of sp³-hybridized carbons (Fsp3) is 0.133. The molecule has 0 aliphatic heterocycles. The molecule has 0 atom stereocenters. The van der Waals surface area contributed by atoms with Gasteiger partial charge < -0.3 is 0 Å².